The fraction of sp³-hybridized carbons (Fsp3) is 0.308. The Morgan fingerprint density at radius 3 is 2.58 bits per heavy atom. The van der Waals surface area contributed by atoms with Gasteiger partial charge < -0.3 is 9.80 Å². The number of carbonyl (C=O) groups excluding carboxylic acids is 2. The Hall–Kier alpha value is -3.74. The molecule has 33 heavy (non-hydrogen) atoms. The van der Waals surface area contributed by atoms with E-state index in [4.69, 9.17) is 0 Å². The average Bonchev–Trinajstić information content (AvgIpc) is 2.94. The monoisotopic (exact) mass is 441 g/mol. The van der Waals surface area contributed by atoms with Gasteiger partial charge in [0.25, 0.3) is 0 Å². The molecule has 1 unspecified atom stereocenters. The van der Waals surface area contributed by atoms with Gasteiger partial charge in [-0.25, -0.2) is 14.8 Å². The molecule has 3 amide bonds. The number of hydrogen-bond acceptors (Lipinski definition) is 4. The molecule has 3 heterocycles. The predicted octanol–water partition coefficient (Wildman–Crippen LogP) is 3.95. The van der Waals surface area contributed by atoms with Gasteiger partial charge in [-0.2, -0.15) is 0 Å². The molecule has 3 aromatic rings. The van der Waals surface area contributed by atoms with E-state index in [-0.39, 0.29) is 17.9 Å². The maximum Gasteiger partial charge on any atom is 0.324 e. The summed E-state index contributed by atoms with van der Waals surface area (Å²) in [7, 11) is 0. The van der Waals surface area contributed by atoms with Crippen molar-refractivity contribution in [1.29, 1.82) is 0 Å². The topological polar surface area (TPSA) is 69.6 Å². The standard InChI is InChI=1S/C26H27N5O2/c1-18-15-31(26(33)29-13-12-22-21(17-29)14-27-19(2)28-22)24-11-7-6-10-23(24)30(25(18)32)16-20-8-4-3-5-9-20/h3-11,14,18H,12-13,15-17H2,1-2H3. The first-order chi connectivity index (χ1) is 16.0. The number of hydrogen-bond donors (Lipinski definition) is 0. The smallest absolute Gasteiger partial charge is 0.320 e. The summed E-state index contributed by atoms with van der Waals surface area (Å²) >= 11 is 0. The number of carbonyl (C=O) groups is 2. The highest BCUT2D eigenvalue weighted by molar-refractivity contribution is 6.05. The molecule has 7 nitrogen and oxygen atoms in total. The van der Waals surface area contributed by atoms with Crippen molar-refractivity contribution >= 4 is 23.3 Å². The molecular weight excluding hydrogens is 414 g/mol. The number of fused-ring (bicyclic) bond motifs is 2. The van der Waals surface area contributed by atoms with Gasteiger partial charge in [0, 0.05) is 31.3 Å². The summed E-state index contributed by atoms with van der Waals surface area (Å²) in [6.07, 6.45) is 2.52. The summed E-state index contributed by atoms with van der Waals surface area (Å²) in [4.78, 5) is 41.4. The van der Waals surface area contributed by atoms with Crippen LogP contribution in [0.25, 0.3) is 0 Å². The van der Waals surface area contributed by atoms with Crippen LogP contribution in [0.1, 0.15) is 29.6 Å². The average molecular weight is 442 g/mol. The summed E-state index contributed by atoms with van der Waals surface area (Å²) in [5.74, 6) is 0.448. The Labute approximate surface area is 193 Å². The zero-order valence-electron chi connectivity index (χ0n) is 18.9. The third-order valence-corrected chi connectivity index (χ3v) is 6.35. The molecule has 0 saturated heterocycles. The zero-order chi connectivity index (χ0) is 22.9. The fourth-order valence-corrected chi connectivity index (χ4v) is 4.62. The van der Waals surface area contributed by atoms with Gasteiger partial charge in [0.05, 0.1) is 36.1 Å². The molecule has 0 fully saturated rings. The number of urea groups is 1. The van der Waals surface area contributed by atoms with Crippen molar-refractivity contribution < 1.29 is 9.59 Å². The lowest BCUT2D eigenvalue weighted by molar-refractivity contribution is -0.121. The molecule has 2 aliphatic heterocycles. The van der Waals surface area contributed by atoms with Crippen LogP contribution in [0.4, 0.5) is 16.2 Å². The SMILES string of the molecule is Cc1ncc2c(n1)CCN(C(=O)N1CC(C)C(=O)N(Cc3ccccc3)c3ccccc31)C2. The maximum absolute atomic E-state index is 13.7. The third-order valence-electron chi connectivity index (χ3n) is 6.35. The molecule has 0 spiro atoms. The Bertz CT molecular complexity index is 1200. The highest BCUT2D eigenvalue weighted by atomic mass is 16.2. The summed E-state index contributed by atoms with van der Waals surface area (Å²) in [6.45, 7) is 5.66. The molecule has 0 aliphatic carbocycles. The lowest BCUT2D eigenvalue weighted by atomic mass is 10.1. The number of benzene rings is 2. The lowest BCUT2D eigenvalue weighted by Gasteiger charge is -2.34. The number of rotatable bonds is 2. The molecule has 2 aliphatic rings. The van der Waals surface area contributed by atoms with E-state index in [9.17, 15) is 9.59 Å². The van der Waals surface area contributed by atoms with Gasteiger partial charge in [-0.1, -0.05) is 49.4 Å². The van der Waals surface area contributed by atoms with Crippen LogP contribution in [0, 0.1) is 12.8 Å². The molecule has 5 rings (SSSR count). The van der Waals surface area contributed by atoms with Gasteiger partial charge in [-0.15, -0.1) is 0 Å². The number of para-hydroxylation sites is 2. The number of amides is 3. The number of nitrogens with zero attached hydrogens (tertiary/aromatic N) is 5. The second kappa shape index (κ2) is 8.65. The number of aryl methyl sites for hydroxylation is 1. The zero-order valence-corrected chi connectivity index (χ0v) is 18.9. The van der Waals surface area contributed by atoms with Crippen molar-refractivity contribution in [3.63, 3.8) is 0 Å². The van der Waals surface area contributed by atoms with Crippen LogP contribution in [0.5, 0.6) is 0 Å². The maximum atomic E-state index is 13.7. The summed E-state index contributed by atoms with van der Waals surface area (Å²) in [6, 6.07) is 17.6. The molecular formula is C26H27N5O2. The molecule has 0 bridgehead atoms. The van der Waals surface area contributed by atoms with Crippen molar-refractivity contribution in [2.75, 3.05) is 22.9 Å². The lowest BCUT2D eigenvalue weighted by Crippen LogP contribution is -2.47. The second-order valence-electron chi connectivity index (χ2n) is 8.75. The fourth-order valence-electron chi connectivity index (χ4n) is 4.62. The molecule has 0 saturated carbocycles. The van der Waals surface area contributed by atoms with E-state index in [1.165, 1.54) is 0 Å². The summed E-state index contributed by atoms with van der Waals surface area (Å²) < 4.78 is 0. The van der Waals surface area contributed by atoms with Gasteiger partial charge in [0.15, 0.2) is 0 Å². The largest absolute Gasteiger partial charge is 0.324 e. The first-order valence-corrected chi connectivity index (χ1v) is 11.3. The van der Waals surface area contributed by atoms with Crippen LogP contribution in [0.15, 0.2) is 60.8 Å². The Morgan fingerprint density at radius 2 is 1.79 bits per heavy atom. The Kier molecular flexibility index (Phi) is 5.54. The molecule has 7 heteroatoms. The number of anilines is 2. The Morgan fingerprint density at radius 1 is 1.06 bits per heavy atom. The highest BCUT2D eigenvalue weighted by Crippen LogP contribution is 2.36. The van der Waals surface area contributed by atoms with Gasteiger partial charge in [0.1, 0.15) is 5.82 Å². The minimum atomic E-state index is -0.326. The van der Waals surface area contributed by atoms with E-state index in [2.05, 4.69) is 9.97 Å². The quantitative estimate of drug-likeness (QED) is 0.604. The van der Waals surface area contributed by atoms with Crippen molar-refractivity contribution in [2.45, 2.75) is 33.4 Å². The minimum Gasteiger partial charge on any atom is -0.320 e. The van der Waals surface area contributed by atoms with Gasteiger partial charge >= 0.3 is 6.03 Å². The van der Waals surface area contributed by atoms with Crippen LogP contribution in [-0.2, 0) is 24.3 Å². The number of aromatic nitrogens is 2. The predicted molar refractivity (Wildman–Crippen MR) is 127 cm³/mol. The summed E-state index contributed by atoms with van der Waals surface area (Å²) in [5.41, 5.74) is 4.58. The second-order valence-corrected chi connectivity index (χ2v) is 8.75. The molecule has 0 radical (unpaired) electrons. The van der Waals surface area contributed by atoms with Crippen LogP contribution >= 0.6 is 0 Å². The van der Waals surface area contributed by atoms with Gasteiger partial charge in [-0.05, 0) is 24.6 Å². The van der Waals surface area contributed by atoms with Crippen LogP contribution in [-0.4, -0.2) is 39.9 Å². The van der Waals surface area contributed by atoms with Gasteiger partial charge in [0.2, 0.25) is 5.91 Å². The normalized spacial score (nSPS) is 17.9. The van der Waals surface area contributed by atoms with E-state index in [1.807, 2.05) is 84.4 Å². The molecule has 1 aromatic heterocycles. The first kappa shape index (κ1) is 21.1. The van der Waals surface area contributed by atoms with E-state index >= 15 is 0 Å². The van der Waals surface area contributed by atoms with Gasteiger partial charge in [-0.3, -0.25) is 9.69 Å². The molecule has 168 valence electrons. The van der Waals surface area contributed by atoms with Crippen molar-refractivity contribution in [2.24, 2.45) is 5.92 Å². The molecule has 0 N–H and O–H groups in total. The van der Waals surface area contributed by atoms with Crippen molar-refractivity contribution in [3.8, 4) is 0 Å². The van der Waals surface area contributed by atoms with Crippen LogP contribution in [0.3, 0.4) is 0 Å². The Balaban J connectivity index is 1.47. The van der Waals surface area contributed by atoms with E-state index in [0.717, 1.165) is 34.0 Å². The summed E-state index contributed by atoms with van der Waals surface area (Å²) in [5, 5.41) is 0. The van der Waals surface area contributed by atoms with E-state index in [0.29, 0.717) is 32.6 Å². The van der Waals surface area contributed by atoms with Crippen LogP contribution in [0.2, 0.25) is 0 Å². The van der Waals surface area contributed by atoms with E-state index in [1.54, 1.807) is 4.90 Å². The van der Waals surface area contributed by atoms with Crippen molar-refractivity contribution in [1.82, 2.24) is 14.9 Å². The van der Waals surface area contributed by atoms with E-state index < -0.39 is 0 Å². The molecule has 2 aromatic carbocycles. The molecule has 1 atom stereocenters. The third kappa shape index (κ3) is 4.06. The minimum absolute atomic E-state index is 0.0227. The highest BCUT2D eigenvalue weighted by Gasteiger charge is 2.36. The van der Waals surface area contributed by atoms with Crippen molar-refractivity contribution in [3.05, 3.63) is 83.4 Å². The first-order valence-electron chi connectivity index (χ1n) is 11.3. The van der Waals surface area contributed by atoms with Crippen LogP contribution < -0.4 is 9.80 Å².